The Balaban J connectivity index is 1.95. The zero-order chi connectivity index (χ0) is 24.4. The molecule has 1 aromatic heterocycles. The molecule has 7 nitrogen and oxygen atoms in total. The summed E-state index contributed by atoms with van der Waals surface area (Å²) >= 11 is 0. The minimum atomic E-state index is -3.80. The number of aryl methyl sites for hydroxylation is 1. The van der Waals surface area contributed by atoms with Crippen LogP contribution in [-0.2, 0) is 25.9 Å². The standard InChI is InChI=1S/C24H24FNO6S/c1-4-32-23(29)24(2,33(3,30)31)10-12-26-11-9-18-14-17(6-8-20(18)22(26)28)19-7-5-16(15-27)13-21(19)25/h5-9,11,13-15H,4,10,12H2,1-3H3/t24-/m1/s1. The number of sulfone groups is 1. The third-order valence-corrected chi connectivity index (χ3v) is 7.78. The average molecular weight is 474 g/mol. The van der Waals surface area contributed by atoms with Gasteiger partial charge < -0.3 is 9.30 Å². The maximum Gasteiger partial charge on any atom is 0.327 e. The van der Waals surface area contributed by atoms with Crippen molar-refractivity contribution in [1.82, 2.24) is 4.57 Å². The summed E-state index contributed by atoms with van der Waals surface area (Å²) in [6.07, 6.45) is 2.90. The lowest BCUT2D eigenvalue weighted by Gasteiger charge is -2.25. The van der Waals surface area contributed by atoms with Crippen LogP contribution < -0.4 is 5.56 Å². The van der Waals surface area contributed by atoms with Crippen molar-refractivity contribution >= 4 is 32.9 Å². The summed E-state index contributed by atoms with van der Waals surface area (Å²) in [4.78, 5) is 36.1. The van der Waals surface area contributed by atoms with Crippen molar-refractivity contribution in [2.45, 2.75) is 31.6 Å². The molecule has 9 heteroatoms. The highest BCUT2D eigenvalue weighted by atomic mass is 32.2. The summed E-state index contributed by atoms with van der Waals surface area (Å²) in [5.41, 5.74) is 0.700. The number of carbonyl (C=O) groups is 2. The average Bonchev–Trinajstić information content (AvgIpc) is 2.77. The summed E-state index contributed by atoms with van der Waals surface area (Å²) in [5.74, 6) is -1.40. The van der Waals surface area contributed by atoms with Crippen molar-refractivity contribution in [1.29, 1.82) is 0 Å². The summed E-state index contributed by atoms with van der Waals surface area (Å²) in [6.45, 7) is 2.91. The molecule has 1 atom stereocenters. The smallest absolute Gasteiger partial charge is 0.327 e. The number of hydrogen-bond donors (Lipinski definition) is 0. The van der Waals surface area contributed by atoms with Gasteiger partial charge in [-0.15, -0.1) is 0 Å². The SMILES string of the molecule is CCOC(=O)[C@@](C)(CCn1ccc2cc(-c3ccc(C=O)cc3F)ccc2c1=O)S(C)(=O)=O. The fourth-order valence-electron chi connectivity index (χ4n) is 3.53. The Bertz CT molecular complexity index is 1400. The number of halogens is 1. The monoisotopic (exact) mass is 473 g/mol. The molecular weight excluding hydrogens is 449 g/mol. The van der Waals surface area contributed by atoms with Gasteiger partial charge in [-0.3, -0.25) is 14.4 Å². The van der Waals surface area contributed by atoms with E-state index in [0.717, 1.165) is 12.3 Å². The number of fused-ring (bicyclic) bond motifs is 1. The summed E-state index contributed by atoms with van der Waals surface area (Å²) in [5, 5.41) is 0.937. The van der Waals surface area contributed by atoms with E-state index in [-0.39, 0.29) is 30.7 Å². The van der Waals surface area contributed by atoms with Gasteiger partial charge in [0.15, 0.2) is 14.6 Å². The Hall–Kier alpha value is -3.33. The van der Waals surface area contributed by atoms with Crippen LogP contribution in [0.2, 0.25) is 0 Å². The largest absolute Gasteiger partial charge is 0.465 e. The molecule has 0 amide bonds. The number of ether oxygens (including phenoxy) is 1. The van der Waals surface area contributed by atoms with Crippen LogP contribution in [0, 0.1) is 5.82 Å². The number of hydrogen-bond acceptors (Lipinski definition) is 6. The summed E-state index contributed by atoms with van der Waals surface area (Å²) in [6, 6.07) is 10.7. The normalized spacial score (nSPS) is 13.5. The van der Waals surface area contributed by atoms with Crippen molar-refractivity contribution in [3.63, 3.8) is 0 Å². The van der Waals surface area contributed by atoms with Crippen LogP contribution in [0.4, 0.5) is 4.39 Å². The number of esters is 1. The molecule has 0 saturated heterocycles. The number of pyridine rings is 1. The first-order valence-electron chi connectivity index (χ1n) is 10.3. The van der Waals surface area contributed by atoms with Crippen LogP contribution in [0.15, 0.2) is 53.5 Å². The molecule has 2 aromatic carbocycles. The highest BCUT2D eigenvalue weighted by Gasteiger charge is 2.44. The highest BCUT2D eigenvalue weighted by molar-refractivity contribution is 7.92. The zero-order valence-electron chi connectivity index (χ0n) is 18.5. The number of aldehydes is 1. The molecule has 0 aliphatic carbocycles. The van der Waals surface area contributed by atoms with Crippen LogP contribution in [0.1, 0.15) is 30.6 Å². The summed E-state index contributed by atoms with van der Waals surface area (Å²) < 4.78 is 43.5. The first-order valence-corrected chi connectivity index (χ1v) is 12.2. The fourth-order valence-corrected chi connectivity index (χ4v) is 4.35. The molecule has 3 rings (SSSR count). The van der Waals surface area contributed by atoms with E-state index >= 15 is 0 Å². The Labute approximate surface area is 190 Å². The lowest BCUT2D eigenvalue weighted by Crippen LogP contribution is -2.45. The fraction of sp³-hybridized carbons (Fsp3) is 0.292. The molecule has 0 aliphatic heterocycles. The molecule has 1 heterocycles. The molecular formula is C24H24FNO6S. The van der Waals surface area contributed by atoms with E-state index in [2.05, 4.69) is 0 Å². The van der Waals surface area contributed by atoms with Gasteiger partial charge in [-0.05, 0) is 55.5 Å². The molecule has 3 aromatic rings. The minimum absolute atomic E-state index is 0.0132. The van der Waals surface area contributed by atoms with Gasteiger partial charge in [0.05, 0.1) is 6.61 Å². The molecule has 0 unspecified atom stereocenters. The minimum Gasteiger partial charge on any atom is -0.465 e. The molecule has 174 valence electrons. The van der Waals surface area contributed by atoms with Gasteiger partial charge in [-0.2, -0.15) is 0 Å². The predicted molar refractivity (Wildman–Crippen MR) is 123 cm³/mol. The van der Waals surface area contributed by atoms with Gasteiger partial charge in [-0.25, -0.2) is 12.8 Å². The maximum absolute atomic E-state index is 14.4. The van der Waals surface area contributed by atoms with Crippen LogP contribution in [0.25, 0.3) is 21.9 Å². The van der Waals surface area contributed by atoms with Gasteiger partial charge in [0.1, 0.15) is 12.1 Å². The van der Waals surface area contributed by atoms with Crippen LogP contribution in [-0.4, -0.2) is 42.9 Å². The van der Waals surface area contributed by atoms with Crippen molar-refractivity contribution in [3.05, 3.63) is 70.4 Å². The molecule has 0 fully saturated rings. The number of aromatic nitrogens is 1. The van der Waals surface area contributed by atoms with E-state index in [4.69, 9.17) is 4.74 Å². The van der Waals surface area contributed by atoms with E-state index in [0.29, 0.717) is 28.2 Å². The van der Waals surface area contributed by atoms with Gasteiger partial charge in [0.25, 0.3) is 5.56 Å². The number of carbonyl (C=O) groups excluding carboxylic acids is 2. The molecule has 0 bridgehead atoms. The van der Waals surface area contributed by atoms with Crippen LogP contribution >= 0.6 is 0 Å². The van der Waals surface area contributed by atoms with E-state index < -0.39 is 26.4 Å². The second kappa shape index (κ2) is 9.27. The summed E-state index contributed by atoms with van der Waals surface area (Å²) in [7, 11) is -3.80. The van der Waals surface area contributed by atoms with Crippen molar-refractivity contribution in [2.24, 2.45) is 0 Å². The van der Waals surface area contributed by atoms with Gasteiger partial charge >= 0.3 is 5.97 Å². The van der Waals surface area contributed by atoms with E-state index in [1.807, 2.05) is 0 Å². The topological polar surface area (TPSA) is 99.5 Å². The molecule has 0 N–H and O–H groups in total. The second-order valence-electron chi connectivity index (χ2n) is 7.95. The molecule has 0 aliphatic rings. The Kier molecular flexibility index (Phi) is 6.83. The third-order valence-electron chi connectivity index (χ3n) is 5.77. The van der Waals surface area contributed by atoms with Crippen molar-refractivity contribution in [3.8, 4) is 11.1 Å². The third kappa shape index (κ3) is 4.73. The first kappa shape index (κ1) is 24.3. The number of nitrogens with zero attached hydrogens (tertiary/aromatic N) is 1. The molecule has 33 heavy (non-hydrogen) atoms. The van der Waals surface area contributed by atoms with Crippen molar-refractivity contribution < 1.29 is 27.1 Å². The Morgan fingerprint density at radius 3 is 2.52 bits per heavy atom. The molecule has 0 spiro atoms. The quantitative estimate of drug-likeness (QED) is 0.367. The first-order chi connectivity index (χ1) is 15.5. The van der Waals surface area contributed by atoms with E-state index in [9.17, 15) is 27.2 Å². The van der Waals surface area contributed by atoms with Gasteiger partial charge in [0, 0.05) is 35.5 Å². The predicted octanol–water partition coefficient (Wildman–Crippen LogP) is 3.38. The lowest BCUT2D eigenvalue weighted by molar-refractivity contribution is -0.146. The van der Waals surface area contributed by atoms with Crippen LogP contribution in [0.3, 0.4) is 0 Å². The van der Waals surface area contributed by atoms with Gasteiger partial charge in [0.2, 0.25) is 0 Å². The van der Waals surface area contributed by atoms with E-state index in [1.165, 1.54) is 29.8 Å². The van der Waals surface area contributed by atoms with Gasteiger partial charge in [-0.1, -0.05) is 18.2 Å². The number of benzene rings is 2. The highest BCUT2D eigenvalue weighted by Crippen LogP contribution is 2.27. The second-order valence-corrected chi connectivity index (χ2v) is 10.4. The number of rotatable bonds is 8. The molecule has 0 saturated carbocycles. The van der Waals surface area contributed by atoms with Crippen molar-refractivity contribution in [2.75, 3.05) is 12.9 Å². The maximum atomic E-state index is 14.4. The molecule has 0 radical (unpaired) electrons. The van der Waals surface area contributed by atoms with Crippen LogP contribution in [0.5, 0.6) is 0 Å². The Morgan fingerprint density at radius 1 is 1.18 bits per heavy atom. The van der Waals surface area contributed by atoms with E-state index in [1.54, 1.807) is 31.2 Å². The lowest BCUT2D eigenvalue weighted by atomic mass is 10.0. The zero-order valence-corrected chi connectivity index (χ0v) is 19.3. The Morgan fingerprint density at radius 2 is 1.91 bits per heavy atom.